The molecule has 0 aliphatic carbocycles. The molecule has 1 aromatic heterocycles. The highest BCUT2D eigenvalue weighted by atomic mass is 19.1. The minimum atomic E-state index is -0.341. The van der Waals surface area contributed by atoms with Gasteiger partial charge >= 0.3 is 0 Å². The second-order valence-electron chi connectivity index (χ2n) is 7.21. The molecule has 1 aliphatic heterocycles. The number of para-hydroxylation sites is 1. The van der Waals surface area contributed by atoms with Crippen LogP contribution >= 0.6 is 0 Å². The van der Waals surface area contributed by atoms with Gasteiger partial charge in [-0.25, -0.2) is 9.37 Å². The highest BCUT2D eigenvalue weighted by Gasteiger charge is 2.15. The van der Waals surface area contributed by atoms with Crippen LogP contribution in [0.5, 0.6) is 0 Å². The Hall–Kier alpha value is -3.15. The first-order valence-corrected chi connectivity index (χ1v) is 9.64. The van der Waals surface area contributed by atoms with Gasteiger partial charge in [0.1, 0.15) is 11.6 Å². The standard InChI is InChI=1S/C22H24FN5/c1-16-11-14-28(15-12-16)18-8-6-17(7-9-18)25-21-10-13-24-22(27-21)26-20-5-3-2-4-19(20)23/h2-10,13,16H,11-12,14-15H2,1H3,(H2,24,25,26,27). The Balaban J connectivity index is 1.42. The lowest BCUT2D eigenvalue weighted by atomic mass is 9.99. The first kappa shape index (κ1) is 18.2. The summed E-state index contributed by atoms with van der Waals surface area (Å²) in [6.45, 7) is 4.55. The topological polar surface area (TPSA) is 53.1 Å². The van der Waals surface area contributed by atoms with Crippen LogP contribution in [0.1, 0.15) is 19.8 Å². The molecule has 0 saturated carbocycles. The van der Waals surface area contributed by atoms with E-state index < -0.39 is 0 Å². The summed E-state index contributed by atoms with van der Waals surface area (Å²) in [5.74, 6) is 1.47. The number of benzene rings is 2. The number of piperidine rings is 1. The predicted molar refractivity (Wildman–Crippen MR) is 112 cm³/mol. The average Bonchev–Trinajstić information content (AvgIpc) is 2.71. The number of aromatic nitrogens is 2. The maximum absolute atomic E-state index is 13.8. The van der Waals surface area contributed by atoms with Gasteiger partial charge < -0.3 is 15.5 Å². The third kappa shape index (κ3) is 4.39. The van der Waals surface area contributed by atoms with Gasteiger partial charge in [-0.1, -0.05) is 19.1 Å². The van der Waals surface area contributed by atoms with Gasteiger partial charge in [-0.05, 0) is 61.2 Å². The summed E-state index contributed by atoms with van der Waals surface area (Å²) in [5.41, 5.74) is 2.55. The van der Waals surface area contributed by atoms with Gasteiger partial charge in [0, 0.05) is 30.7 Å². The third-order valence-corrected chi connectivity index (χ3v) is 5.06. The van der Waals surface area contributed by atoms with Crippen LogP contribution in [0, 0.1) is 11.7 Å². The minimum Gasteiger partial charge on any atom is -0.372 e. The summed E-state index contributed by atoms with van der Waals surface area (Å²) >= 11 is 0. The number of rotatable bonds is 5. The molecule has 0 radical (unpaired) electrons. The molecule has 5 nitrogen and oxygen atoms in total. The Kier molecular flexibility index (Phi) is 5.37. The zero-order chi connectivity index (χ0) is 19.3. The van der Waals surface area contributed by atoms with E-state index >= 15 is 0 Å². The Labute approximate surface area is 164 Å². The van der Waals surface area contributed by atoms with E-state index in [0.29, 0.717) is 17.5 Å². The summed E-state index contributed by atoms with van der Waals surface area (Å²) in [5, 5.41) is 6.19. The van der Waals surface area contributed by atoms with Crippen molar-refractivity contribution in [1.82, 2.24) is 9.97 Å². The highest BCUT2D eigenvalue weighted by Crippen LogP contribution is 2.25. The number of anilines is 5. The molecule has 0 unspecified atom stereocenters. The molecule has 1 fully saturated rings. The molecule has 2 heterocycles. The van der Waals surface area contributed by atoms with E-state index in [4.69, 9.17) is 0 Å². The quantitative estimate of drug-likeness (QED) is 0.629. The fraction of sp³-hybridized carbons (Fsp3) is 0.273. The fourth-order valence-corrected chi connectivity index (χ4v) is 3.34. The van der Waals surface area contributed by atoms with Crippen molar-refractivity contribution in [2.45, 2.75) is 19.8 Å². The fourth-order valence-electron chi connectivity index (χ4n) is 3.34. The van der Waals surface area contributed by atoms with Crippen LogP contribution in [0.2, 0.25) is 0 Å². The number of hydrogen-bond acceptors (Lipinski definition) is 5. The molecule has 0 atom stereocenters. The number of nitrogens with one attached hydrogen (secondary N) is 2. The highest BCUT2D eigenvalue weighted by molar-refractivity contribution is 5.62. The normalized spacial score (nSPS) is 14.7. The molecule has 28 heavy (non-hydrogen) atoms. The lowest BCUT2D eigenvalue weighted by Gasteiger charge is -2.32. The largest absolute Gasteiger partial charge is 0.372 e. The SMILES string of the molecule is CC1CCN(c2ccc(Nc3ccnc(Nc4ccccc4F)n3)cc2)CC1. The van der Waals surface area contributed by atoms with Gasteiger partial charge in [0.25, 0.3) is 0 Å². The zero-order valence-corrected chi connectivity index (χ0v) is 15.9. The van der Waals surface area contributed by atoms with Crippen molar-refractivity contribution < 1.29 is 4.39 Å². The van der Waals surface area contributed by atoms with E-state index in [1.54, 1.807) is 30.5 Å². The van der Waals surface area contributed by atoms with Crippen LogP contribution in [0.4, 0.5) is 33.2 Å². The Morgan fingerprint density at radius 3 is 2.46 bits per heavy atom. The predicted octanol–water partition coefficient (Wildman–Crippen LogP) is 5.34. The molecule has 144 valence electrons. The summed E-state index contributed by atoms with van der Waals surface area (Å²) in [6.07, 6.45) is 4.14. The van der Waals surface area contributed by atoms with Crippen LogP contribution in [-0.4, -0.2) is 23.1 Å². The number of halogens is 1. The Bertz CT molecular complexity index is 920. The van der Waals surface area contributed by atoms with Crippen LogP contribution in [-0.2, 0) is 0 Å². The lowest BCUT2D eigenvalue weighted by molar-refractivity contribution is 0.438. The van der Waals surface area contributed by atoms with Gasteiger partial charge in [-0.15, -0.1) is 0 Å². The van der Waals surface area contributed by atoms with Gasteiger partial charge in [0.05, 0.1) is 5.69 Å². The van der Waals surface area contributed by atoms with Crippen LogP contribution in [0.3, 0.4) is 0 Å². The zero-order valence-electron chi connectivity index (χ0n) is 15.9. The molecule has 2 N–H and O–H groups in total. The molecule has 0 amide bonds. The summed E-state index contributed by atoms with van der Waals surface area (Å²) in [6, 6.07) is 16.6. The number of nitrogens with zero attached hydrogens (tertiary/aromatic N) is 3. The maximum Gasteiger partial charge on any atom is 0.229 e. The van der Waals surface area contributed by atoms with Crippen molar-refractivity contribution >= 4 is 28.8 Å². The van der Waals surface area contributed by atoms with Crippen molar-refractivity contribution in [1.29, 1.82) is 0 Å². The molecule has 3 aromatic rings. The van der Waals surface area contributed by atoms with Crippen molar-refractivity contribution in [3.05, 3.63) is 66.6 Å². The number of hydrogen-bond donors (Lipinski definition) is 2. The first-order chi connectivity index (χ1) is 13.7. The summed E-state index contributed by atoms with van der Waals surface area (Å²) in [4.78, 5) is 11.0. The molecular weight excluding hydrogens is 353 g/mol. The summed E-state index contributed by atoms with van der Waals surface area (Å²) in [7, 11) is 0. The lowest BCUT2D eigenvalue weighted by Crippen LogP contribution is -2.32. The van der Waals surface area contributed by atoms with Gasteiger partial charge in [0.15, 0.2) is 0 Å². The Morgan fingerprint density at radius 1 is 0.964 bits per heavy atom. The Morgan fingerprint density at radius 2 is 1.71 bits per heavy atom. The van der Waals surface area contributed by atoms with Crippen molar-refractivity contribution in [2.24, 2.45) is 5.92 Å². The molecule has 6 heteroatoms. The van der Waals surface area contributed by atoms with Crippen molar-refractivity contribution in [3.63, 3.8) is 0 Å². The van der Waals surface area contributed by atoms with E-state index in [-0.39, 0.29) is 5.82 Å². The van der Waals surface area contributed by atoms with Gasteiger partial charge in [0.2, 0.25) is 5.95 Å². The average molecular weight is 377 g/mol. The monoisotopic (exact) mass is 377 g/mol. The second-order valence-corrected chi connectivity index (χ2v) is 7.21. The van der Waals surface area contributed by atoms with Crippen molar-refractivity contribution in [3.8, 4) is 0 Å². The van der Waals surface area contributed by atoms with Crippen LogP contribution in [0.25, 0.3) is 0 Å². The molecular formula is C22H24FN5. The van der Waals surface area contributed by atoms with Gasteiger partial charge in [-0.2, -0.15) is 4.98 Å². The van der Waals surface area contributed by atoms with Crippen LogP contribution in [0.15, 0.2) is 60.8 Å². The molecule has 0 spiro atoms. The van der Waals surface area contributed by atoms with E-state index in [0.717, 1.165) is 24.7 Å². The maximum atomic E-state index is 13.8. The van der Waals surface area contributed by atoms with E-state index in [2.05, 4.69) is 56.7 Å². The molecule has 1 aliphatic rings. The second kappa shape index (κ2) is 8.25. The minimum absolute atomic E-state index is 0.341. The van der Waals surface area contributed by atoms with Gasteiger partial charge in [-0.3, -0.25) is 0 Å². The molecule has 0 bridgehead atoms. The molecule has 4 rings (SSSR count). The smallest absolute Gasteiger partial charge is 0.229 e. The molecule has 1 saturated heterocycles. The van der Waals surface area contributed by atoms with Crippen molar-refractivity contribution in [2.75, 3.05) is 28.6 Å². The third-order valence-electron chi connectivity index (χ3n) is 5.06. The van der Waals surface area contributed by atoms with E-state index in [1.807, 2.05) is 0 Å². The summed E-state index contributed by atoms with van der Waals surface area (Å²) < 4.78 is 13.8. The molecule has 2 aromatic carbocycles. The van der Waals surface area contributed by atoms with E-state index in [1.165, 1.54) is 24.6 Å². The van der Waals surface area contributed by atoms with E-state index in [9.17, 15) is 4.39 Å². The first-order valence-electron chi connectivity index (χ1n) is 9.64. The van der Waals surface area contributed by atoms with Crippen LogP contribution < -0.4 is 15.5 Å².